The van der Waals surface area contributed by atoms with Crippen molar-refractivity contribution in [3.8, 4) is 0 Å². The van der Waals surface area contributed by atoms with E-state index in [0.29, 0.717) is 28.6 Å². The second-order valence-corrected chi connectivity index (χ2v) is 5.77. The maximum absolute atomic E-state index is 11.8. The van der Waals surface area contributed by atoms with Gasteiger partial charge in [-0.15, -0.1) is 0 Å². The predicted molar refractivity (Wildman–Crippen MR) is 84.6 cm³/mol. The lowest BCUT2D eigenvalue weighted by Crippen LogP contribution is -2.40. The predicted octanol–water partition coefficient (Wildman–Crippen LogP) is 1.72. The normalized spacial score (nSPS) is 12.6. The topological polar surface area (TPSA) is 84.2 Å². The van der Waals surface area contributed by atoms with Gasteiger partial charge in [0.05, 0.1) is 5.69 Å². The van der Waals surface area contributed by atoms with E-state index in [1.807, 2.05) is 6.26 Å². The number of rotatable bonds is 7. The summed E-state index contributed by atoms with van der Waals surface area (Å²) < 4.78 is 1.51. The number of nitrogens with one attached hydrogen (secondary N) is 1. The van der Waals surface area contributed by atoms with Gasteiger partial charge in [0.2, 0.25) is 5.91 Å². The maximum Gasteiger partial charge on any atom is 0.326 e. The van der Waals surface area contributed by atoms with Crippen molar-refractivity contribution >= 4 is 41.3 Å². The number of carboxylic acid groups (broad SMARTS) is 1. The molecule has 0 saturated heterocycles. The van der Waals surface area contributed by atoms with E-state index < -0.39 is 17.9 Å². The fourth-order valence-electron chi connectivity index (χ4n) is 1.71. The summed E-state index contributed by atoms with van der Waals surface area (Å²) in [5, 5.41) is 16.0. The van der Waals surface area contributed by atoms with Crippen LogP contribution in [0, 0.1) is 6.92 Å². The number of carbonyl (C=O) groups excluding carboxylic acids is 1. The van der Waals surface area contributed by atoms with Crippen molar-refractivity contribution in [3.05, 3.63) is 22.5 Å². The van der Waals surface area contributed by atoms with Crippen molar-refractivity contribution in [1.82, 2.24) is 15.1 Å². The minimum Gasteiger partial charge on any atom is -0.480 e. The average Bonchev–Trinajstić information content (AvgIpc) is 2.66. The molecule has 0 radical (unpaired) electrons. The third kappa shape index (κ3) is 5.09. The van der Waals surface area contributed by atoms with Gasteiger partial charge in [-0.05, 0) is 31.4 Å². The molecule has 6 nitrogen and oxygen atoms in total. The Labute approximate surface area is 132 Å². The van der Waals surface area contributed by atoms with Crippen molar-refractivity contribution in [2.75, 3.05) is 12.0 Å². The van der Waals surface area contributed by atoms with Crippen LogP contribution in [0.1, 0.15) is 17.7 Å². The van der Waals surface area contributed by atoms with Crippen molar-refractivity contribution in [3.63, 3.8) is 0 Å². The quantitative estimate of drug-likeness (QED) is 0.743. The molecule has 1 aromatic heterocycles. The molecule has 0 aromatic carbocycles. The first-order valence-electron chi connectivity index (χ1n) is 6.26. The number of amides is 1. The molecule has 0 spiro atoms. The Hall–Kier alpha value is -1.47. The minimum atomic E-state index is -1.04. The van der Waals surface area contributed by atoms with Gasteiger partial charge in [0.15, 0.2) is 0 Å². The lowest BCUT2D eigenvalue weighted by Gasteiger charge is -2.12. The van der Waals surface area contributed by atoms with Gasteiger partial charge in [0.1, 0.15) is 11.2 Å². The summed E-state index contributed by atoms with van der Waals surface area (Å²) in [6.45, 7) is 1.78. The molecule has 0 aliphatic heterocycles. The lowest BCUT2D eigenvalue weighted by atomic mass is 10.2. The van der Waals surface area contributed by atoms with Crippen LogP contribution in [0.3, 0.4) is 0 Å². The molecule has 1 aromatic rings. The Morgan fingerprint density at radius 2 is 2.24 bits per heavy atom. The van der Waals surface area contributed by atoms with Gasteiger partial charge in [0.25, 0.3) is 0 Å². The Morgan fingerprint density at radius 1 is 1.57 bits per heavy atom. The molecule has 116 valence electrons. The highest BCUT2D eigenvalue weighted by Crippen LogP contribution is 2.19. The van der Waals surface area contributed by atoms with E-state index in [9.17, 15) is 9.59 Å². The van der Waals surface area contributed by atoms with Crippen LogP contribution in [-0.2, 0) is 16.6 Å². The van der Waals surface area contributed by atoms with Crippen molar-refractivity contribution in [2.45, 2.75) is 19.4 Å². The number of halogens is 1. The Morgan fingerprint density at radius 3 is 2.71 bits per heavy atom. The Bertz CT molecular complexity index is 557. The maximum atomic E-state index is 11.8. The molecule has 1 heterocycles. The van der Waals surface area contributed by atoms with Crippen LogP contribution < -0.4 is 5.32 Å². The van der Waals surface area contributed by atoms with Crippen molar-refractivity contribution in [2.24, 2.45) is 7.05 Å². The number of aliphatic carboxylic acids is 1. The van der Waals surface area contributed by atoms with Crippen LogP contribution >= 0.6 is 23.4 Å². The summed E-state index contributed by atoms with van der Waals surface area (Å²) in [7, 11) is 1.70. The fourth-order valence-corrected chi connectivity index (χ4v) is 2.42. The molecule has 0 bridgehead atoms. The first-order valence-corrected chi connectivity index (χ1v) is 8.03. The molecule has 0 saturated carbocycles. The van der Waals surface area contributed by atoms with Gasteiger partial charge in [-0.2, -0.15) is 16.9 Å². The molecule has 0 fully saturated rings. The second kappa shape index (κ2) is 8.09. The summed E-state index contributed by atoms with van der Waals surface area (Å²) >= 11 is 7.57. The van der Waals surface area contributed by atoms with Gasteiger partial charge in [-0.1, -0.05) is 11.6 Å². The smallest absolute Gasteiger partial charge is 0.326 e. The SMILES string of the molecule is CSCCC(NC(=O)/C=C/c1c(C)nn(C)c1Cl)C(=O)O. The highest BCUT2D eigenvalue weighted by atomic mass is 35.5. The average molecular weight is 332 g/mol. The molecule has 21 heavy (non-hydrogen) atoms. The molecule has 8 heteroatoms. The standard InChI is InChI=1S/C13H18ClN3O3S/c1-8-9(12(14)17(2)16-8)4-5-11(18)15-10(13(19)20)6-7-21-3/h4-5,10H,6-7H2,1-3H3,(H,15,18)(H,19,20)/b5-4+. The Balaban J connectivity index is 2.71. The number of hydrogen-bond donors (Lipinski definition) is 2. The highest BCUT2D eigenvalue weighted by Gasteiger charge is 2.18. The van der Waals surface area contributed by atoms with Gasteiger partial charge >= 0.3 is 5.97 Å². The van der Waals surface area contributed by atoms with Gasteiger partial charge < -0.3 is 10.4 Å². The molecule has 0 aliphatic carbocycles. The number of aromatic nitrogens is 2. The van der Waals surface area contributed by atoms with E-state index in [0.717, 1.165) is 0 Å². The first-order chi connectivity index (χ1) is 9.86. The van der Waals surface area contributed by atoms with E-state index in [2.05, 4.69) is 10.4 Å². The minimum absolute atomic E-state index is 0.378. The summed E-state index contributed by atoms with van der Waals surface area (Å²) in [4.78, 5) is 22.8. The van der Waals surface area contributed by atoms with E-state index in [1.54, 1.807) is 14.0 Å². The number of thioether (sulfide) groups is 1. The summed E-state index contributed by atoms with van der Waals surface area (Å²) in [5.74, 6) is -0.849. The third-order valence-corrected chi connectivity index (χ3v) is 3.91. The number of nitrogens with zero attached hydrogens (tertiary/aromatic N) is 2. The number of aryl methyl sites for hydroxylation is 2. The van der Waals surface area contributed by atoms with E-state index in [1.165, 1.54) is 28.6 Å². The lowest BCUT2D eigenvalue weighted by molar-refractivity contribution is -0.141. The number of hydrogen-bond acceptors (Lipinski definition) is 4. The zero-order valence-electron chi connectivity index (χ0n) is 12.1. The third-order valence-electron chi connectivity index (χ3n) is 2.82. The van der Waals surface area contributed by atoms with Crippen molar-refractivity contribution in [1.29, 1.82) is 0 Å². The molecular weight excluding hydrogens is 314 g/mol. The van der Waals surface area contributed by atoms with Crippen LogP contribution in [0.2, 0.25) is 5.15 Å². The summed E-state index contributed by atoms with van der Waals surface area (Å²) in [6, 6.07) is -0.889. The van der Waals surface area contributed by atoms with Crippen molar-refractivity contribution < 1.29 is 14.7 Å². The van der Waals surface area contributed by atoms with E-state index in [-0.39, 0.29) is 0 Å². The highest BCUT2D eigenvalue weighted by molar-refractivity contribution is 7.98. The number of carbonyl (C=O) groups is 2. The monoisotopic (exact) mass is 331 g/mol. The molecule has 2 N–H and O–H groups in total. The fraction of sp³-hybridized carbons (Fsp3) is 0.462. The van der Waals surface area contributed by atoms with E-state index in [4.69, 9.17) is 16.7 Å². The summed E-state index contributed by atoms with van der Waals surface area (Å²) in [5.41, 5.74) is 1.34. The molecular formula is C13H18ClN3O3S. The molecule has 0 aliphatic rings. The van der Waals surface area contributed by atoms with Crippen LogP contribution in [0.4, 0.5) is 0 Å². The first kappa shape index (κ1) is 17.6. The van der Waals surface area contributed by atoms with Gasteiger partial charge in [0, 0.05) is 18.7 Å². The second-order valence-electron chi connectivity index (χ2n) is 4.43. The Kier molecular flexibility index (Phi) is 6.77. The van der Waals surface area contributed by atoms with Gasteiger partial charge in [-0.3, -0.25) is 9.48 Å². The zero-order chi connectivity index (χ0) is 16.0. The van der Waals surface area contributed by atoms with Gasteiger partial charge in [-0.25, -0.2) is 4.79 Å². The molecule has 1 unspecified atom stereocenters. The number of carboxylic acids is 1. The van der Waals surface area contributed by atoms with E-state index >= 15 is 0 Å². The van der Waals surface area contributed by atoms with Crippen LogP contribution in [0.25, 0.3) is 6.08 Å². The molecule has 1 rings (SSSR count). The zero-order valence-corrected chi connectivity index (χ0v) is 13.7. The van der Waals surface area contributed by atoms with Crippen LogP contribution in [0.15, 0.2) is 6.08 Å². The summed E-state index contributed by atoms with van der Waals surface area (Å²) in [6.07, 6.45) is 5.06. The van der Waals surface area contributed by atoms with Crippen LogP contribution in [-0.4, -0.2) is 44.8 Å². The van der Waals surface area contributed by atoms with Crippen LogP contribution in [0.5, 0.6) is 0 Å². The molecule has 1 amide bonds. The molecule has 1 atom stereocenters. The largest absolute Gasteiger partial charge is 0.480 e.